The van der Waals surface area contributed by atoms with Gasteiger partial charge >= 0.3 is 0 Å². The fraction of sp³-hybridized carbons (Fsp3) is 0. The second-order valence-corrected chi connectivity index (χ2v) is 2.98. The van der Waals surface area contributed by atoms with Crippen LogP contribution in [-0.2, 0) is 0 Å². The first-order chi connectivity index (χ1) is 6.45. The van der Waals surface area contributed by atoms with Gasteiger partial charge in [0.05, 0.1) is 5.52 Å². The highest BCUT2D eigenvalue weighted by atomic mass is 15.1. The van der Waals surface area contributed by atoms with E-state index in [4.69, 9.17) is 0 Å². The summed E-state index contributed by atoms with van der Waals surface area (Å²) in [7, 11) is 0. The average Bonchev–Trinajstić information content (AvgIpc) is 2.65. The minimum Gasteiger partial charge on any atom is -0.284 e. The minimum atomic E-state index is 0.999. The van der Waals surface area contributed by atoms with Crippen LogP contribution < -0.4 is 0 Å². The molecule has 0 amide bonds. The molecule has 0 aliphatic carbocycles. The lowest BCUT2D eigenvalue weighted by Crippen LogP contribution is -1.75. The Morgan fingerprint density at radius 2 is 2.08 bits per heavy atom. The molecule has 3 aromatic rings. The molecule has 0 aliphatic heterocycles. The topological polar surface area (TPSA) is 41.6 Å². The lowest BCUT2D eigenvalue weighted by molar-refractivity contribution is 1.12. The summed E-state index contributed by atoms with van der Waals surface area (Å²) in [5, 5.41) is 10.5. The maximum atomic E-state index is 4.12. The number of nitrogens with zero attached hydrogens (tertiary/aromatic N) is 2. The zero-order valence-corrected chi connectivity index (χ0v) is 6.86. The van der Waals surface area contributed by atoms with Crippen molar-refractivity contribution in [3.05, 3.63) is 36.8 Å². The van der Waals surface area contributed by atoms with Gasteiger partial charge in [0, 0.05) is 29.4 Å². The summed E-state index contributed by atoms with van der Waals surface area (Å²) >= 11 is 0. The highest BCUT2D eigenvalue weighted by molar-refractivity contribution is 6.05. The highest BCUT2D eigenvalue weighted by Crippen LogP contribution is 2.22. The van der Waals surface area contributed by atoms with Crippen LogP contribution in [0.1, 0.15) is 0 Å². The van der Waals surface area contributed by atoms with Crippen LogP contribution in [0, 0.1) is 0 Å². The maximum absolute atomic E-state index is 4.12. The van der Waals surface area contributed by atoms with E-state index in [1.54, 1.807) is 6.20 Å². The molecule has 1 aromatic carbocycles. The molecule has 0 aliphatic rings. The van der Waals surface area contributed by atoms with Crippen molar-refractivity contribution < 1.29 is 0 Å². The summed E-state index contributed by atoms with van der Waals surface area (Å²) in [5.41, 5.74) is 0.999. The smallest absolute Gasteiger partial charge is 0.0927 e. The monoisotopic (exact) mass is 169 g/mol. The van der Waals surface area contributed by atoms with Gasteiger partial charge in [0.1, 0.15) is 0 Å². The summed E-state index contributed by atoms with van der Waals surface area (Å²) in [6, 6.07) is 6.04. The van der Waals surface area contributed by atoms with Crippen LogP contribution in [0.4, 0.5) is 0 Å². The van der Waals surface area contributed by atoms with Crippen molar-refractivity contribution >= 4 is 21.7 Å². The molecule has 0 atom stereocenters. The zero-order chi connectivity index (χ0) is 8.67. The van der Waals surface area contributed by atoms with Crippen LogP contribution >= 0.6 is 0 Å². The SMILES string of the molecule is c1cc2c(ccc3n[nH]cc32)cn1. The molecule has 0 saturated heterocycles. The number of aromatic amines is 1. The van der Waals surface area contributed by atoms with E-state index in [0.717, 1.165) is 16.3 Å². The molecule has 2 heterocycles. The number of rotatable bonds is 0. The van der Waals surface area contributed by atoms with Gasteiger partial charge in [-0.2, -0.15) is 5.10 Å². The number of fused-ring (bicyclic) bond motifs is 3. The number of aromatic nitrogens is 3. The van der Waals surface area contributed by atoms with Crippen molar-refractivity contribution in [3.63, 3.8) is 0 Å². The molecule has 3 rings (SSSR count). The molecular weight excluding hydrogens is 162 g/mol. The summed E-state index contributed by atoms with van der Waals surface area (Å²) in [6.07, 6.45) is 5.58. The van der Waals surface area contributed by atoms with Gasteiger partial charge < -0.3 is 0 Å². The quantitative estimate of drug-likeness (QED) is 0.560. The van der Waals surface area contributed by atoms with E-state index in [-0.39, 0.29) is 0 Å². The van der Waals surface area contributed by atoms with E-state index in [0.29, 0.717) is 0 Å². The highest BCUT2D eigenvalue weighted by Gasteiger charge is 2.00. The normalized spacial score (nSPS) is 11.1. The Morgan fingerprint density at radius 1 is 1.08 bits per heavy atom. The standard InChI is InChI=1S/C10H7N3/c1-2-10-9(6-12-13-10)8-3-4-11-5-7(1)8/h1-6H,(H,12,13). The van der Waals surface area contributed by atoms with Crippen molar-refractivity contribution in [3.8, 4) is 0 Å². The maximum Gasteiger partial charge on any atom is 0.0927 e. The second-order valence-electron chi connectivity index (χ2n) is 2.98. The Hall–Kier alpha value is -1.90. The number of hydrogen-bond acceptors (Lipinski definition) is 2. The van der Waals surface area contributed by atoms with Gasteiger partial charge in [-0.15, -0.1) is 0 Å². The van der Waals surface area contributed by atoms with E-state index in [9.17, 15) is 0 Å². The summed E-state index contributed by atoms with van der Waals surface area (Å²) in [4.78, 5) is 4.07. The van der Waals surface area contributed by atoms with Gasteiger partial charge in [-0.1, -0.05) is 6.07 Å². The molecule has 0 bridgehead atoms. The Kier molecular flexibility index (Phi) is 1.16. The first-order valence-corrected chi connectivity index (χ1v) is 4.11. The van der Waals surface area contributed by atoms with E-state index in [2.05, 4.69) is 15.2 Å². The van der Waals surface area contributed by atoms with Crippen LogP contribution in [-0.4, -0.2) is 15.2 Å². The molecule has 2 aromatic heterocycles. The number of pyridine rings is 1. The molecule has 3 heteroatoms. The van der Waals surface area contributed by atoms with E-state index >= 15 is 0 Å². The average molecular weight is 169 g/mol. The molecule has 0 spiro atoms. The molecular formula is C10H7N3. The predicted octanol–water partition coefficient (Wildman–Crippen LogP) is 2.11. The Bertz CT molecular complexity index is 568. The van der Waals surface area contributed by atoms with Gasteiger partial charge in [0.2, 0.25) is 0 Å². The number of nitrogens with one attached hydrogen (secondary N) is 1. The predicted molar refractivity (Wildman–Crippen MR) is 51.4 cm³/mol. The van der Waals surface area contributed by atoms with Gasteiger partial charge in [-0.05, 0) is 17.5 Å². The summed E-state index contributed by atoms with van der Waals surface area (Å²) in [6.45, 7) is 0. The molecule has 62 valence electrons. The summed E-state index contributed by atoms with van der Waals surface area (Å²) in [5.74, 6) is 0. The van der Waals surface area contributed by atoms with Crippen LogP contribution in [0.15, 0.2) is 36.8 Å². The zero-order valence-electron chi connectivity index (χ0n) is 6.86. The molecule has 0 fully saturated rings. The number of H-pyrrole nitrogens is 1. The van der Waals surface area contributed by atoms with Crippen molar-refractivity contribution in [1.82, 2.24) is 15.2 Å². The Morgan fingerprint density at radius 3 is 3.08 bits per heavy atom. The Balaban J connectivity index is 2.65. The van der Waals surface area contributed by atoms with E-state index in [1.807, 2.05) is 30.6 Å². The fourth-order valence-corrected chi connectivity index (χ4v) is 1.60. The lowest BCUT2D eigenvalue weighted by atomic mass is 10.1. The van der Waals surface area contributed by atoms with Crippen molar-refractivity contribution in [2.75, 3.05) is 0 Å². The largest absolute Gasteiger partial charge is 0.284 e. The van der Waals surface area contributed by atoms with Crippen molar-refractivity contribution in [2.24, 2.45) is 0 Å². The molecule has 3 nitrogen and oxygen atoms in total. The molecule has 0 unspecified atom stereocenters. The lowest BCUT2D eigenvalue weighted by Gasteiger charge is -1.95. The van der Waals surface area contributed by atoms with E-state index in [1.165, 1.54) is 5.39 Å². The first-order valence-electron chi connectivity index (χ1n) is 4.11. The van der Waals surface area contributed by atoms with Gasteiger partial charge in [-0.3, -0.25) is 10.1 Å². The van der Waals surface area contributed by atoms with E-state index < -0.39 is 0 Å². The van der Waals surface area contributed by atoms with Crippen LogP contribution in [0.2, 0.25) is 0 Å². The molecule has 0 radical (unpaired) electrons. The van der Waals surface area contributed by atoms with Crippen LogP contribution in [0.25, 0.3) is 21.7 Å². The van der Waals surface area contributed by atoms with Gasteiger partial charge in [-0.25, -0.2) is 0 Å². The third-order valence-corrected chi connectivity index (χ3v) is 2.23. The number of benzene rings is 1. The third kappa shape index (κ3) is 0.839. The Labute approximate surface area is 74.4 Å². The van der Waals surface area contributed by atoms with Crippen molar-refractivity contribution in [2.45, 2.75) is 0 Å². The molecule has 0 saturated carbocycles. The number of hydrogen-bond donors (Lipinski definition) is 1. The van der Waals surface area contributed by atoms with Crippen molar-refractivity contribution in [1.29, 1.82) is 0 Å². The molecule has 1 N–H and O–H groups in total. The third-order valence-electron chi connectivity index (χ3n) is 2.23. The van der Waals surface area contributed by atoms with Crippen LogP contribution in [0.3, 0.4) is 0 Å². The summed E-state index contributed by atoms with van der Waals surface area (Å²) < 4.78 is 0. The molecule has 13 heavy (non-hydrogen) atoms. The minimum absolute atomic E-state index is 0.999. The van der Waals surface area contributed by atoms with Gasteiger partial charge in [0.15, 0.2) is 0 Å². The van der Waals surface area contributed by atoms with Crippen LogP contribution in [0.5, 0.6) is 0 Å². The fourth-order valence-electron chi connectivity index (χ4n) is 1.60. The van der Waals surface area contributed by atoms with Gasteiger partial charge in [0.25, 0.3) is 0 Å². The first kappa shape index (κ1) is 6.60. The second kappa shape index (κ2) is 2.29.